The highest BCUT2D eigenvalue weighted by Crippen LogP contribution is 2.34. The molecule has 0 bridgehead atoms. The highest BCUT2D eigenvalue weighted by atomic mass is 32.2. The van der Waals surface area contributed by atoms with E-state index < -0.39 is 22.0 Å². The molecule has 0 aliphatic heterocycles. The molecule has 1 fully saturated rings. The molecule has 10 nitrogen and oxygen atoms in total. The van der Waals surface area contributed by atoms with Gasteiger partial charge in [-0.3, -0.25) is 9.89 Å². The van der Waals surface area contributed by atoms with Gasteiger partial charge < -0.3 is 15.4 Å². The summed E-state index contributed by atoms with van der Waals surface area (Å²) in [6.45, 7) is 2.33. The molecular weight excluding hydrogens is 422 g/mol. The van der Waals surface area contributed by atoms with Crippen molar-refractivity contribution >= 4 is 27.8 Å². The predicted octanol–water partition coefficient (Wildman–Crippen LogP) is 2.01. The summed E-state index contributed by atoms with van der Waals surface area (Å²) in [5.41, 5.74) is 1.18. The number of hydrogen-bond acceptors (Lipinski definition) is 6. The van der Waals surface area contributed by atoms with Crippen molar-refractivity contribution in [2.45, 2.75) is 55.9 Å². The Bertz CT molecular complexity index is 1040. The molecule has 1 aliphatic carbocycles. The van der Waals surface area contributed by atoms with Crippen LogP contribution >= 0.6 is 0 Å². The Morgan fingerprint density at radius 2 is 2.06 bits per heavy atom. The molecule has 1 aromatic heterocycles. The number of sulfonamides is 1. The minimum Gasteiger partial charge on any atom is -0.450 e. The molecule has 2 unspecified atom stereocenters. The summed E-state index contributed by atoms with van der Waals surface area (Å²) in [6.07, 6.45) is 2.68. The lowest BCUT2D eigenvalue weighted by atomic mass is 10.0. The van der Waals surface area contributed by atoms with Crippen molar-refractivity contribution in [3.05, 3.63) is 41.6 Å². The number of anilines is 1. The summed E-state index contributed by atoms with van der Waals surface area (Å²) in [5.74, 6) is 0.128. The first-order chi connectivity index (χ1) is 14.8. The third-order valence-corrected chi connectivity index (χ3v) is 6.14. The average Bonchev–Trinajstić information content (AvgIpc) is 3.35. The Morgan fingerprint density at radius 1 is 1.29 bits per heavy atom. The number of amides is 2. The number of carbonyl (C=O) groups is 2. The lowest BCUT2D eigenvalue weighted by Gasteiger charge is -2.12. The Labute approximate surface area is 181 Å². The van der Waals surface area contributed by atoms with Crippen LogP contribution in [-0.2, 0) is 26.0 Å². The second-order valence-electron chi connectivity index (χ2n) is 7.57. The van der Waals surface area contributed by atoms with Gasteiger partial charge in [0.15, 0.2) is 5.82 Å². The van der Waals surface area contributed by atoms with Crippen molar-refractivity contribution < 1.29 is 22.7 Å². The first kappa shape index (κ1) is 22.8. The summed E-state index contributed by atoms with van der Waals surface area (Å²) in [4.78, 5) is 24.0. The normalized spacial score (nSPS) is 18.5. The van der Waals surface area contributed by atoms with E-state index in [1.807, 2.05) is 6.92 Å². The zero-order valence-electron chi connectivity index (χ0n) is 17.3. The van der Waals surface area contributed by atoms with Crippen LogP contribution in [0.25, 0.3) is 0 Å². The maximum atomic E-state index is 12.4. The monoisotopic (exact) mass is 449 g/mol. The minimum absolute atomic E-state index is 0.0328. The van der Waals surface area contributed by atoms with Crippen LogP contribution < -0.4 is 15.8 Å². The molecule has 11 heteroatoms. The molecule has 0 spiro atoms. The van der Waals surface area contributed by atoms with Crippen molar-refractivity contribution in [2.75, 3.05) is 11.9 Å². The fourth-order valence-corrected chi connectivity index (χ4v) is 4.47. The Kier molecular flexibility index (Phi) is 7.29. The number of hydrogen-bond donors (Lipinski definition) is 4. The molecule has 1 heterocycles. The van der Waals surface area contributed by atoms with E-state index in [0.29, 0.717) is 18.0 Å². The number of ether oxygens (including phenoxy) is 1. The number of carbonyl (C=O) groups excluding carboxylic acids is 2. The fraction of sp³-hybridized carbons (Fsp3) is 0.450. The number of nitrogens with zero attached hydrogens (tertiary/aromatic N) is 1. The number of alkyl carbamates (subject to hydrolysis) is 1. The van der Waals surface area contributed by atoms with Crippen molar-refractivity contribution in [1.82, 2.24) is 15.5 Å². The van der Waals surface area contributed by atoms with Crippen LogP contribution in [0, 0.1) is 0 Å². The average molecular weight is 450 g/mol. The number of aromatic nitrogens is 2. The highest BCUT2D eigenvalue weighted by molar-refractivity contribution is 7.89. The van der Waals surface area contributed by atoms with Crippen LogP contribution in [0.5, 0.6) is 0 Å². The molecule has 1 aromatic carbocycles. The van der Waals surface area contributed by atoms with E-state index in [-0.39, 0.29) is 23.3 Å². The Morgan fingerprint density at radius 3 is 2.81 bits per heavy atom. The van der Waals surface area contributed by atoms with Gasteiger partial charge in [0.25, 0.3) is 0 Å². The van der Waals surface area contributed by atoms with E-state index in [0.717, 1.165) is 31.4 Å². The summed E-state index contributed by atoms with van der Waals surface area (Å²) in [7, 11) is -3.92. The minimum atomic E-state index is -3.92. The largest absolute Gasteiger partial charge is 0.450 e. The van der Waals surface area contributed by atoms with Gasteiger partial charge in [0, 0.05) is 23.7 Å². The first-order valence-corrected chi connectivity index (χ1v) is 11.7. The molecule has 0 radical (unpaired) electrons. The topological polar surface area (TPSA) is 156 Å². The van der Waals surface area contributed by atoms with Crippen molar-refractivity contribution in [3.63, 3.8) is 0 Å². The lowest BCUT2D eigenvalue weighted by molar-refractivity contribution is -0.115. The summed E-state index contributed by atoms with van der Waals surface area (Å²) < 4.78 is 28.4. The molecule has 2 aromatic rings. The van der Waals surface area contributed by atoms with E-state index in [1.54, 1.807) is 24.3 Å². The van der Waals surface area contributed by atoms with Gasteiger partial charge in [-0.05, 0) is 37.3 Å². The van der Waals surface area contributed by atoms with Crippen LogP contribution in [0.15, 0.2) is 35.2 Å². The fourth-order valence-electron chi connectivity index (χ4n) is 3.70. The van der Waals surface area contributed by atoms with Crippen LogP contribution in [0.1, 0.15) is 49.8 Å². The quantitative estimate of drug-likeness (QED) is 0.483. The van der Waals surface area contributed by atoms with Crippen LogP contribution in [0.2, 0.25) is 0 Å². The zero-order valence-corrected chi connectivity index (χ0v) is 18.1. The second-order valence-corrected chi connectivity index (χ2v) is 9.10. The molecule has 1 aliphatic rings. The second kappa shape index (κ2) is 9.92. The van der Waals surface area contributed by atoms with E-state index in [1.165, 1.54) is 6.07 Å². The van der Waals surface area contributed by atoms with E-state index in [4.69, 9.17) is 9.88 Å². The number of nitrogens with two attached hydrogens (primary N) is 1. The van der Waals surface area contributed by atoms with Gasteiger partial charge in [0.05, 0.1) is 17.9 Å². The lowest BCUT2D eigenvalue weighted by Crippen LogP contribution is -2.33. The summed E-state index contributed by atoms with van der Waals surface area (Å²) in [6, 6.07) is 7.90. The number of primary sulfonamides is 1. The third kappa shape index (κ3) is 6.28. The van der Waals surface area contributed by atoms with Gasteiger partial charge in [-0.2, -0.15) is 5.10 Å². The molecule has 3 rings (SSSR count). The number of aromatic amines is 1. The van der Waals surface area contributed by atoms with Gasteiger partial charge in [-0.1, -0.05) is 25.1 Å². The summed E-state index contributed by atoms with van der Waals surface area (Å²) >= 11 is 0. The van der Waals surface area contributed by atoms with E-state index in [9.17, 15) is 18.0 Å². The molecule has 168 valence electrons. The Hall–Kier alpha value is -2.92. The number of benzene rings is 1. The predicted molar refractivity (Wildman–Crippen MR) is 114 cm³/mol. The van der Waals surface area contributed by atoms with Crippen molar-refractivity contribution in [3.8, 4) is 0 Å². The van der Waals surface area contributed by atoms with E-state index in [2.05, 4.69) is 20.8 Å². The van der Waals surface area contributed by atoms with Gasteiger partial charge in [-0.25, -0.2) is 18.4 Å². The molecule has 2 atom stereocenters. The van der Waals surface area contributed by atoms with E-state index >= 15 is 0 Å². The van der Waals surface area contributed by atoms with Gasteiger partial charge in [0.1, 0.15) is 0 Å². The number of H-pyrrole nitrogens is 1. The number of rotatable bonds is 8. The van der Waals surface area contributed by atoms with Gasteiger partial charge in [0.2, 0.25) is 15.9 Å². The highest BCUT2D eigenvalue weighted by Gasteiger charge is 2.29. The molecular formula is C20H27N5O5S. The first-order valence-electron chi connectivity index (χ1n) is 10.2. The third-order valence-electron chi connectivity index (χ3n) is 5.13. The molecule has 0 saturated heterocycles. The molecule has 1 saturated carbocycles. The molecule has 5 N–H and O–H groups in total. The van der Waals surface area contributed by atoms with Gasteiger partial charge >= 0.3 is 6.09 Å². The maximum absolute atomic E-state index is 12.4. The van der Waals surface area contributed by atoms with Gasteiger partial charge in [-0.15, -0.1) is 0 Å². The zero-order chi connectivity index (χ0) is 22.4. The Balaban J connectivity index is 1.55. The summed E-state index contributed by atoms with van der Waals surface area (Å²) in [5, 5.41) is 17.8. The maximum Gasteiger partial charge on any atom is 0.407 e. The van der Waals surface area contributed by atoms with Crippen LogP contribution in [0.3, 0.4) is 0 Å². The molecule has 31 heavy (non-hydrogen) atoms. The van der Waals surface area contributed by atoms with Crippen LogP contribution in [-0.4, -0.2) is 43.3 Å². The van der Waals surface area contributed by atoms with Crippen molar-refractivity contribution in [1.29, 1.82) is 0 Å². The standard InChI is InChI=1S/C20H27N5O5S/c1-2-9-30-20(27)22-15-8-7-13(10-15)16-12-18(25-24-16)23-19(26)11-14-5-3-4-6-17(14)31(21,28)29/h3-6,12-13,15H,2,7-11H2,1H3,(H,22,27)(H2,21,28,29)(H2,23,24,25,26). The smallest absolute Gasteiger partial charge is 0.407 e. The van der Waals surface area contributed by atoms with Crippen molar-refractivity contribution in [2.24, 2.45) is 5.14 Å². The molecule has 2 amide bonds. The van der Waals surface area contributed by atoms with Crippen LogP contribution in [0.4, 0.5) is 10.6 Å². The SMILES string of the molecule is CCCOC(=O)NC1CCC(c2cc(NC(=O)Cc3ccccc3S(N)(=O)=O)n[nH]2)C1. The number of nitrogens with one attached hydrogen (secondary N) is 3.